The Balaban J connectivity index is 1.83. The van der Waals surface area contributed by atoms with Gasteiger partial charge in [0, 0.05) is 16.4 Å². The Kier molecular flexibility index (Phi) is 3.97. The zero-order valence-corrected chi connectivity index (χ0v) is 14.4. The molecule has 3 aromatic rings. The van der Waals surface area contributed by atoms with Gasteiger partial charge < -0.3 is 10.3 Å². The van der Waals surface area contributed by atoms with Crippen LogP contribution in [-0.2, 0) is 4.79 Å². The highest BCUT2D eigenvalue weighted by Gasteiger charge is 2.21. The van der Waals surface area contributed by atoms with Gasteiger partial charge in [-0.1, -0.05) is 30.0 Å². The minimum Gasteiger partial charge on any atom is -0.351 e. The van der Waals surface area contributed by atoms with Crippen molar-refractivity contribution in [2.24, 2.45) is 0 Å². The highest BCUT2D eigenvalue weighted by molar-refractivity contribution is 8.00. The SMILES string of the molecule is CC(Sc1nnc2c(n1)[nH]c1ccccc12)C(=O)NC(C)(C)C. The molecule has 0 radical (unpaired) electrons. The van der Waals surface area contributed by atoms with Crippen molar-refractivity contribution in [1.82, 2.24) is 25.5 Å². The molecule has 6 nitrogen and oxygen atoms in total. The number of thioether (sulfide) groups is 1. The molecule has 0 fully saturated rings. The van der Waals surface area contributed by atoms with Gasteiger partial charge in [-0.15, -0.1) is 10.2 Å². The van der Waals surface area contributed by atoms with Gasteiger partial charge in [-0.25, -0.2) is 4.98 Å². The number of nitrogens with one attached hydrogen (secondary N) is 2. The molecule has 1 aromatic carbocycles. The molecular weight excluding hydrogens is 310 g/mol. The second-order valence-electron chi connectivity index (χ2n) is 6.46. The normalized spacial score (nSPS) is 13.4. The van der Waals surface area contributed by atoms with Crippen molar-refractivity contribution in [1.29, 1.82) is 0 Å². The predicted octanol–water partition coefficient (Wildman–Crippen LogP) is 2.90. The average molecular weight is 329 g/mol. The van der Waals surface area contributed by atoms with Gasteiger partial charge in [-0.3, -0.25) is 4.79 Å². The maximum Gasteiger partial charge on any atom is 0.233 e. The molecule has 2 N–H and O–H groups in total. The number of amides is 1. The summed E-state index contributed by atoms with van der Waals surface area (Å²) in [6.45, 7) is 7.70. The minimum absolute atomic E-state index is 0.0390. The van der Waals surface area contributed by atoms with Crippen LogP contribution in [0.5, 0.6) is 0 Å². The summed E-state index contributed by atoms with van der Waals surface area (Å²) in [7, 11) is 0. The van der Waals surface area contributed by atoms with Gasteiger partial charge in [0.1, 0.15) is 5.52 Å². The van der Waals surface area contributed by atoms with E-state index in [9.17, 15) is 4.79 Å². The van der Waals surface area contributed by atoms with Gasteiger partial charge in [-0.05, 0) is 33.8 Å². The Hall–Kier alpha value is -2.15. The van der Waals surface area contributed by atoms with E-state index in [0.717, 1.165) is 16.4 Å². The summed E-state index contributed by atoms with van der Waals surface area (Å²) in [5.41, 5.74) is 2.15. The molecule has 1 unspecified atom stereocenters. The number of benzene rings is 1. The van der Waals surface area contributed by atoms with Crippen molar-refractivity contribution in [2.45, 2.75) is 43.6 Å². The van der Waals surface area contributed by atoms with Crippen LogP contribution < -0.4 is 5.32 Å². The smallest absolute Gasteiger partial charge is 0.233 e. The van der Waals surface area contributed by atoms with Crippen molar-refractivity contribution < 1.29 is 4.79 Å². The van der Waals surface area contributed by atoms with Crippen LogP contribution in [0.2, 0.25) is 0 Å². The molecule has 0 spiro atoms. The van der Waals surface area contributed by atoms with Crippen LogP contribution in [0.15, 0.2) is 29.4 Å². The van der Waals surface area contributed by atoms with Gasteiger partial charge in [0.15, 0.2) is 5.65 Å². The van der Waals surface area contributed by atoms with E-state index in [1.54, 1.807) is 0 Å². The molecule has 0 saturated heterocycles. The number of fused-ring (bicyclic) bond motifs is 3. The molecule has 2 heterocycles. The minimum atomic E-state index is -0.294. The third-order valence-electron chi connectivity index (χ3n) is 3.25. The second kappa shape index (κ2) is 5.81. The molecule has 0 aliphatic heterocycles. The van der Waals surface area contributed by atoms with E-state index in [1.165, 1.54) is 11.8 Å². The fraction of sp³-hybridized carbons (Fsp3) is 0.375. The van der Waals surface area contributed by atoms with Crippen molar-refractivity contribution in [3.8, 4) is 0 Å². The van der Waals surface area contributed by atoms with Crippen LogP contribution in [0, 0.1) is 0 Å². The Morgan fingerprint density at radius 2 is 2.00 bits per heavy atom. The standard InChI is InChI=1S/C16H19N5OS/c1-9(14(22)19-16(2,3)4)23-15-18-13-12(20-21-15)10-7-5-6-8-11(10)17-13/h5-9H,1-4H3,(H,19,22)(H,17,18,21). The third-order valence-corrected chi connectivity index (χ3v) is 4.20. The van der Waals surface area contributed by atoms with Crippen molar-refractivity contribution in [3.63, 3.8) is 0 Å². The highest BCUT2D eigenvalue weighted by atomic mass is 32.2. The topological polar surface area (TPSA) is 83.6 Å². The molecular formula is C16H19N5OS. The highest BCUT2D eigenvalue weighted by Crippen LogP contribution is 2.25. The van der Waals surface area contributed by atoms with Gasteiger partial charge >= 0.3 is 0 Å². The lowest BCUT2D eigenvalue weighted by Gasteiger charge is -2.22. The van der Waals surface area contributed by atoms with Crippen molar-refractivity contribution in [2.75, 3.05) is 0 Å². The zero-order chi connectivity index (χ0) is 16.6. The monoisotopic (exact) mass is 329 g/mol. The number of aromatic amines is 1. The summed E-state index contributed by atoms with van der Waals surface area (Å²) in [5, 5.41) is 12.6. The van der Waals surface area contributed by atoms with Crippen molar-refractivity contribution in [3.05, 3.63) is 24.3 Å². The van der Waals surface area contributed by atoms with E-state index < -0.39 is 0 Å². The fourth-order valence-corrected chi connectivity index (χ4v) is 2.95. The van der Waals surface area contributed by atoms with Crippen LogP contribution in [0.1, 0.15) is 27.7 Å². The second-order valence-corrected chi connectivity index (χ2v) is 7.77. The molecule has 1 amide bonds. The Labute approximate surface area is 138 Å². The summed E-state index contributed by atoms with van der Waals surface area (Å²) in [6, 6.07) is 7.88. The maximum atomic E-state index is 12.2. The van der Waals surface area contributed by atoms with Gasteiger partial charge in [0.25, 0.3) is 0 Å². The number of para-hydroxylation sites is 1. The number of carbonyl (C=O) groups excluding carboxylic acids is 1. The quantitative estimate of drug-likeness (QED) is 0.722. The van der Waals surface area contributed by atoms with Crippen LogP contribution in [-0.4, -0.2) is 36.9 Å². The first kappa shape index (κ1) is 15.7. The maximum absolute atomic E-state index is 12.2. The number of rotatable bonds is 3. The molecule has 0 saturated carbocycles. The van der Waals surface area contributed by atoms with E-state index in [4.69, 9.17) is 0 Å². The number of carbonyl (C=O) groups is 1. The Bertz CT molecular complexity index is 868. The lowest BCUT2D eigenvalue weighted by molar-refractivity contribution is -0.121. The van der Waals surface area contributed by atoms with Crippen LogP contribution >= 0.6 is 11.8 Å². The van der Waals surface area contributed by atoms with E-state index in [0.29, 0.717) is 10.8 Å². The lowest BCUT2D eigenvalue weighted by atomic mass is 10.1. The number of H-pyrrole nitrogens is 1. The van der Waals surface area contributed by atoms with Crippen LogP contribution in [0.4, 0.5) is 0 Å². The molecule has 2 aromatic heterocycles. The summed E-state index contributed by atoms with van der Waals surface area (Å²) in [4.78, 5) is 19.9. The number of aromatic nitrogens is 4. The first-order chi connectivity index (χ1) is 10.8. The lowest BCUT2D eigenvalue weighted by Crippen LogP contribution is -2.44. The third kappa shape index (κ3) is 3.44. The molecule has 7 heteroatoms. The molecule has 0 aliphatic carbocycles. The first-order valence-electron chi connectivity index (χ1n) is 7.43. The summed E-state index contributed by atoms with van der Waals surface area (Å²) < 4.78 is 0. The van der Waals surface area contributed by atoms with Gasteiger partial charge in [0.2, 0.25) is 11.1 Å². The van der Waals surface area contributed by atoms with Gasteiger partial charge in [-0.2, -0.15) is 0 Å². The number of nitrogens with zero attached hydrogens (tertiary/aromatic N) is 3. The number of hydrogen-bond donors (Lipinski definition) is 2. The predicted molar refractivity (Wildman–Crippen MR) is 92.4 cm³/mol. The molecule has 3 rings (SSSR count). The number of hydrogen-bond acceptors (Lipinski definition) is 5. The van der Waals surface area contributed by atoms with E-state index in [2.05, 4.69) is 25.5 Å². The van der Waals surface area contributed by atoms with Crippen LogP contribution in [0.3, 0.4) is 0 Å². The zero-order valence-electron chi connectivity index (χ0n) is 13.5. The summed E-state index contributed by atoms with van der Waals surface area (Å²) in [5.74, 6) is -0.0390. The summed E-state index contributed by atoms with van der Waals surface area (Å²) in [6.07, 6.45) is 0. The fourth-order valence-electron chi connectivity index (χ4n) is 2.24. The first-order valence-corrected chi connectivity index (χ1v) is 8.31. The van der Waals surface area contributed by atoms with E-state index in [1.807, 2.05) is 52.0 Å². The Morgan fingerprint density at radius 3 is 2.74 bits per heavy atom. The largest absolute Gasteiger partial charge is 0.351 e. The summed E-state index contributed by atoms with van der Waals surface area (Å²) >= 11 is 1.30. The molecule has 120 valence electrons. The Morgan fingerprint density at radius 1 is 1.26 bits per heavy atom. The molecule has 0 bridgehead atoms. The van der Waals surface area contributed by atoms with E-state index in [-0.39, 0.29) is 16.7 Å². The molecule has 0 aliphatic rings. The van der Waals surface area contributed by atoms with Gasteiger partial charge in [0.05, 0.1) is 5.25 Å². The molecule has 23 heavy (non-hydrogen) atoms. The van der Waals surface area contributed by atoms with Crippen molar-refractivity contribution >= 4 is 39.7 Å². The average Bonchev–Trinajstić information content (AvgIpc) is 2.83. The van der Waals surface area contributed by atoms with E-state index >= 15 is 0 Å². The molecule has 1 atom stereocenters. The van der Waals surface area contributed by atoms with Crippen LogP contribution in [0.25, 0.3) is 22.1 Å².